The number of hydrogen-bond acceptors (Lipinski definition) is 8. The SMILES string of the molecule is Nc1ccn([C@@H]2OC(O)[C@H]3OC(=O)O[C@H]32)c(=O)n1. The van der Waals surface area contributed by atoms with Crippen LogP contribution in [-0.2, 0) is 14.2 Å². The van der Waals surface area contributed by atoms with Gasteiger partial charge in [-0.25, -0.2) is 9.59 Å². The van der Waals surface area contributed by atoms with E-state index >= 15 is 0 Å². The maximum absolute atomic E-state index is 11.6. The van der Waals surface area contributed by atoms with E-state index in [1.165, 1.54) is 12.3 Å². The molecule has 0 aliphatic carbocycles. The molecule has 1 aromatic rings. The molecule has 3 rings (SSSR count). The van der Waals surface area contributed by atoms with Crippen LogP contribution in [0.1, 0.15) is 6.23 Å². The average molecular weight is 255 g/mol. The van der Waals surface area contributed by atoms with Crippen molar-refractivity contribution in [2.75, 3.05) is 5.73 Å². The minimum absolute atomic E-state index is 0.0611. The van der Waals surface area contributed by atoms with Crippen molar-refractivity contribution >= 4 is 12.0 Å². The number of nitrogens with two attached hydrogens (primary N) is 1. The van der Waals surface area contributed by atoms with Crippen LogP contribution in [0.15, 0.2) is 17.1 Å². The third-order valence-electron chi connectivity index (χ3n) is 2.76. The average Bonchev–Trinajstić information content (AvgIpc) is 2.79. The van der Waals surface area contributed by atoms with Gasteiger partial charge in [0.25, 0.3) is 0 Å². The Morgan fingerprint density at radius 1 is 1.33 bits per heavy atom. The van der Waals surface area contributed by atoms with E-state index in [1.807, 2.05) is 0 Å². The lowest BCUT2D eigenvalue weighted by Gasteiger charge is -2.16. The summed E-state index contributed by atoms with van der Waals surface area (Å²) in [4.78, 5) is 26.1. The monoisotopic (exact) mass is 255 g/mol. The number of carbonyl (C=O) groups excluding carboxylic acids is 1. The van der Waals surface area contributed by atoms with Crippen LogP contribution in [0.25, 0.3) is 0 Å². The van der Waals surface area contributed by atoms with Gasteiger partial charge >= 0.3 is 11.8 Å². The number of nitrogens with zero attached hydrogens (tertiary/aromatic N) is 2. The molecule has 2 aliphatic rings. The Hall–Kier alpha value is -2.13. The molecule has 0 aromatic carbocycles. The number of fused-ring (bicyclic) bond motifs is 1. The van der Waals surface area contributed by atoms with E-state index in [4.69, 9.17) is 19.9 Å². The van der Waals surface area contributed by atoms with Crippen molar-refractivity contribution < 1.29 is 24.1 Å². The third kappa shape index (κ3) is 1.52. The number of carbonyl (C=O) groups is 1. The number of hydrogen-bond donors (Lipinski definition) is 2. The Balaban J connectivity index is 1.97. The molecule has 2 fully saturated rings. The molecule has 9 nitrogen and oxygen atoms in total. The largest absolute Gasteiger partial charge is 0.509 e. The molecule has 9 heteroatoms. The first-order chi connectivity index (χ1) is 8.56. The van der Waals surface area contributed by atoms with Crippen molar-refractivity contribution in [2.24, 2.45) is 0 Å². The molecule has 96 valence electrons. The highest BCUT2D eigenvalue weighted by Crippen LogP contribution is 2.35. The second-order valence-electron chi connectivity index (χ2n) is 3.87. The molecule has 18 heavy (non-hydrogen) atoms. The number of aliphatic hydroxyl groups is 1. The van der Waals surface area contributed by atoms with E-state index in [0.29, 0.717) is 0 Å². The molecule has 2 saturated heterocycles. The van der Waals surface area contributed by atoms with Gasteiger partial charge in [0.2, 0.25) is 0 Å². The first kappa shape index (κ1) is 11.0. The fourth-order valence-corrected chi connectivity index (χ4v) is 1.97. The fraction of sp³-hybridized carbons (Fsp3) is 0.444. The Morgan fingerprint density at radius 2 is 2.06 bits per heavy atom. The lowest BCUT2D eigenvalue weighted by molar-refractivity contribution is -0.151. The Labute approximate surface area is 99.7 Å². The van der Waals surface area contributed by atoms with E-state index in [2.05, 4.69) is 4.98 Å². The number of aromatic nitrogens is 2. The van der Waals surface area contributed by atoms with Crippen LogP contribution in [0.4, 0.5) is 10.6 Å². The van der Waals surface area contributed by atoms with E-state index in [0.717, 1.165) is 4.57 Å². The number of rotatable bonds is 1. The van der Waals surface area contributed by atoms with Gasteiger partial charge in [0.15, 0.2) is 24.7 Å². The standard InChI is InChI=1S/C9H9N3O6/c10-3-1-2-12(8(14)11-3)6-4-5(7(13)18-6)17-9(15)16-4/h1-2,4-7,13H,(H2,10,11,14)/t4-,5+,6-,7?/m1/s1. The zero-order valence-electron chi connectivity index (χ0n) is 8.92. The van der Waals surface area contributed by atoms with E-state index in [1.54, 1.807) is 0 Å². The van der Waals surface area contributed by atoms with Crippen molar-refractivity contribution in [1.82, 2.24) is 9.55 Å². The first-order valence-corrected chi connectivity index (χ1v) is 5.12. The van der Waals surface area contributed by atoms with Crippen LogP contribution in [0.5, 0.6) is 0 Å². The summed E-state index contributed by atoms with van der Waals surface area (Å²) >= 11 is 0. The fourth-order valence-electron chi connectivity index (χ4n) is 1.97. The Kier molecular flexibility index (Phi) is 2.25. The van der Waals surface area contributed by atoms with E-state index < -0.39 is 36.6 Å². The van der Waals surface area contributed by atoms with Crippen LogP contribution in [0.3, 0.4) is 0 Å². The van der Waals surface area contributed by atoms with Gasteiger partial charge in [-0.15, -0.1) is 0 Å². The summed E-state index contributed by atoms with van der Waals surface area (Å²) in [6.45, 7) is 0. The predicted octanol–water partition coefficient (Wildman–Crippen LogP) is -1.42. The molecule has 0 radical (unpaired) electrons. The van der Waals surface area contributed by atoms with Gasteiger partial charge < -0.3 is 25.1 Å². The topological polar surface area (TPSA) is 126 Å². The van der Waals surface area contributed by atoms with Gasteiger partial charge in [-0.2, -0.15) is 4.98 Å². The highest BCUT2D eigenvalue weighted by Gasteiger charge is 2.54. The van der Waals surface area contributed by atoms with Gasteiger partial charge in [0.1, 0.15) is 5.82 Å². The van der Waals surface area contributed by atoms with Gasteiger partial charge in [-0.05, 0) is 6.07 Å². The zero-order valence-corrected chi connectivity index (χ0v) is 8.92. The molecule has 4 atom stereocenters. The van der Waals surface area contributed by atoms with Crippen LogP contribution < -0.4 is 11.4 Å². The van der Waals surface area contributed by atoms with Crippen molar-refractivity contribution in [3.8, 4) is 0 Å². The van der Waals surface area contributed by atoms with Gasteiger partial charge in [-0.3, -0.25) is 4.57 Å². The minimum Gasteiger partial charge on any atom is -0.422 e. The molecule has 0 bridgehead atoms. The molecular weight excluding hydrogens is 246 g/mol. The molecule has 0 spiro atoms. The first-order valence-electron chi connectivity index (χ1n) is 5.12. The maximum atomic E-state index is 11.6. The van der Waals surface area contributed by atoms with Crippen molar-refractivity contribution in [3.05, 3.63) is 22.7 Å². The van der Waals surface area contributed by atoms with Crippen molar-refractivity contribution in [2.45, 2.75) is 24.7 Å². The lowest BCUT2D eigenvalue weighted by Crippen LogP contribution is -2.34. The highest BCUT2D eigenvalue weighted by molar-refractivity contribution is 5.62. The molecular formula is C9H9N3O6. The van der Waals surface area contributed by atoms with Crippen LogP contribution in [0.2, 0.25) is 0 Å². The van der Waals surface area contributed by atoms with Crippen molar-refractivity contribution in [1.29, 1.82) is 0 Å². The maximum Gasteiger partial charge on any atom is 0.509 e. The van der Waals surface area contributed by atoms with E-state index in [-0.39, 0.29) is 5.82 Å². The highest BCUT2D eigenvalue weighted by atomic mass is 16.8. The van der Waals surface area contributed by atoms with Crippen LogP contribution >= 0.6 is 0 Å². The van der Waals surface area contributed by atoms with Crippen LogP contribution in [0, 0.1) is 0 Å². The number of aliphatic hydroxyl groups excluding tert-OH is 1. The summed E-state index contributed by atoms with van der Waals surface area (Å²) in [5.74, 6) is 0.0611. The van der Waals surface area contributed by atoms with E-state index in [9.17, 15) is 14.7 Å². The summed E-state index contributed by atoms with van der Waals surface area (Å²) in [6.07, 6.45) is -3.75. The summed E-state index contributed by atoms with van der Waals surface area (Å²) in [5, 5.41) is 9.55. The smallest absolute Gasteiger partial charge is 0.422 e. The Bertz CT molecular complexity index is 557. The summed E-state index contributed by atoms with van der Waals surface area (Å²) < 4.78 is 15.8. The normalized spacial score (nSPS) is 33.9. The molecule has 1 aromatic heterocycles. The quantitative estimate of drug-likeness (QED) is 0.585. The minimum atomic E-state index is -1.35. The third-order valence-corrected chi connectivity index (χ3v) is 2.76. The molecule has 3 N–H and O–H groups in total. The van der Waals surface area contributed by atoms with Gasteiger partial charge in [0.05, 0.1) is 0 Å². The molecule has 0 saturated carbocycles. The van der Waals surface area contributed by atoms with Crippen molar-refractivity contribution in [3.63, 3.8) is 0 Å². The van der Waals surface area contributed by atoms with Gasteiger partial charge in [0, 0.05) is 6.20 Å². The second kappa shape index (κ2) is 3.68. The number of nitrogen functional groups attached to an aromatic ring is 1. The predicted molar refractivity (Wildman–Crippen MR) is 54.2 cm³/mol. The molecule has 2 aliphatic heterocycles. The lowest BCUT2D eigenvalue weighted by atomic mass is 10.2. The zero-order chi connectivity index (χ0) is 12.9. The van der Waals surface area contributed by atoms with Gasteiger partial charge in [-0.1, -0.05) is 0 Å². The molecule has 0 amide bonds. The van der Waals surface area contributed by atoms with Crippen LogP contribution in [-0.4, -0.2) is 39.3 Å². The molecule has 3 heterocycles. The Morgan fingerprint density at radius 3 is 2.78 bits per heavy atom. The summed E-state index contributed by atoms with van der Waals surface area (Å²) in [7, 11) is 0. The number of anilines is 1. The number of ether oxygens (including phenoxy) is 3. The summed E-state index contributed by atoms with van der Waals surface area (Å²) in [6, 6.07) is 1.39. The summed E-state index contributed by atoms with van der Waals surface area (Å²) in [5.41, 5.74) is 4.69. The second-order valence-corrected chi connectivity index (χ2v) is 3.87. The molecule has 1 unspecified atom stereocenters.